The van der Waals surface area contributed by atoms with Crippen LogP contribution in [0, 0.1) is 11.3 Å². The first-order chi connectivity index (χ1) is 18.5. The van der Waals surface area contributed by atoms with E-state index in [1.165, 1.54) is 11.6 Å². The van der Waals surface area contributed by atoms with E-state index in [0.29, 0.717) is 30.7 Å². The van der Waals surface area contributed by atoms with Crippen molar-refractivity contribution in [3.8, 4) is 17.2 Å². The Hall–Kier alpha value is -3.98. The Morgan fingerprint density at radius 1 is 1.24 bits per heavy atom. The molecule has 3 aromatic rings. The van der Waals surface area contributed by atoms with Crippen LogP contribution < -0.4 is 21.7 Å². The van der Waals surface area contributed by atoms with Gasteiger partial charge >= 0.3 is 5.76 Å². The van der Waals surface area contributed by atoms with Crippen LogP contribution in [0.1, 0.15) is 12.0 Å². The Bertz CT molecular complexity index is 1350. The molecule has 200 valence electrons. The van der Waals surface area contributed by atoms with Gasteiger partial charge in [0.1, 0.15) is 18.8 Å². The Kier molecular flexibility index (Phi) is 9.26. The molecule has 2 aromatic carbocycles. The molecule has 2 amide bonds. The number of nitrogens with zero attached hydrogens (tertiary/aromatic N) is 2. The third-order valence-electron chi connectivity index (χ3n) is 6.28. The maximum atomic E-state index is 12.5. The lowest BCUT2D eigenvalue weighted by Crippen LogP contribution is -2.46. The van der Waals surface area contributed by atoms with Crippen molar-refractivity contribution < 1.29 is 23.5 Å². The average Bonchev–Trinajstić information content (AvgIpc) is 3.08. The van der Waals surface area contributed by atoms with Gasteiger partial charge in [0.15, 0.2) is 5.58 Å². The van der Waals surface area contributed by atoms with E-state index < -0.39 is 17.9 Å². The minimum Gasteiger partial charge on any atom is -0.408 e. The fourth-order valence-electron chi connectivity index (χ4n) is 4.19. The fourth-order valence-corrected chi connectivity index (χ4v) is 4.19. The van der Waals surface area contributed by atoms with Crippen molar-refractivity contribution in [1.82, 2.24) is 20.5 Å². The maximum absolute atomic E-state index is 12.5. The molecule has 1 saturated heterocycles. The Morgan fingerprint density at radius 2 is 2.03 bits per heavy atom. The summed E-state index contributed by atoms with van der Waals surface area (Å²) in [6, 6.07) is 14.6. The molecule has 0 bridgehead atoms. The highest BCUT2D eigenvalue weighted by Crippen LogP contribution is 2.25. The van der Waals surface area contributed by atoms with E-state index in [9.17, 15) is 19.6 Å². The number of likely N-dealkylation sites (N-methyl/N-ethyl adjacent to an activating group) is 1. The lowest BCUT2D eigenvalue weighted by molar-refractivity contribution is -0.132. The predicted molar refractivity (Wildman–Crippen MR) is 139 cm³/mol. The van der Waals surface area contributed by atoms with Crippen molar-refractivity contribution in [3.05, 3.63) is 58.6 Å². The van der Waals surface area contributed by atoms with Gasteiger partial charge in [-0.25, -0.2) is 4.79 Å². The van der Waals surface area contributed by atoms with Crippen LogP contribution in [0.25, 0.3) is 22.2 Å². The molecule has 2 unspecified atom stereocenters. The lowest BCUT2D eigenvalue weighted by atomic mass is 10.0. The molecule has 11 heteroatoms. The molecule has 0 saturated carbocycles. The van der Waals surface area contributed by atoms with E-state index in [0.717, 1.165) is 29.7 Å². The first-order valence-electron chi connectivity index (χ1n) is 12.5. The number of carbonyl (C=O) groups excluding carboxylic acids is 2. The van der Waals surface area contributed by atoms with E-state index in [4.69, 9.17) is 13.9 Å². The van der Waals surface area contributed by atoms with Gasteiger partial charge in [0.25, 0.3) is 5.91 Å². The molecule has 1 fully saturated rings. The van der Waals surface area contributed by atoms with Crippen molar-refractivity contribution >= 4 is 22.9 Å². The van der Waals surface area contributed by atoms with Gasteiger partial charge in [0, 0.05) is 26.6 Å². The van der Waals surface area contributed by atoms with Crippen LogP contribution >= 0.6 is 0 Å². The summed E-state index contributed by atoms with van der Waals surface area (Å²) in [5, 5.41) is 18.0. The van der Waals surface area contributed by atoms with E-state index >= 15 is 0 Å². The molecule has 4 rings (SSSR count). The van der Waals surface area contributed by atoms with Gasteiger partial charge in [-0.3, -0.25) is 14.2 Å². The monoisotopic (exact) mass is 521 g/mol. The zero-order valence-electron chi connectivity index (χ0n) is 21.2. The van der Waals surface area contributed by atoms with Gasteiger partial charge in [-0.05, 0) is 41.8 Å². The standard InChI is InChI=1S/C27H31N5O6/c1-29-25(33)17-36-12-10-32-22-14-20(7-8-23(22)38-27(32)35)19-5-3-18(4-6-19)13-21(15-28)31-26(34)24-16-30-9-2-11-37-24/h3-8,14,21,24,30H,2,9-13,16-17H2,1H3,(H,29,33)(H,31,34). The lowest BCUT2D eigenvalue weighted by Gasteiger charge is -2.18. The van der Waals surface area contributed by atoms with Gasteiger partial charge in [-0.1, -0.05) is 30.3 Å². The number of amides is 2. The van der Waals surface area contributed by atoms with Crippen LogP contribution in [0.15, 0.2) is 51.7 Å². The number of hydrogen-bond acceptors (Lipinski definition) is 8. The number of carbonyl (C=O) groups is 2. The zero-order chi connectivity index (χ0) is 26.9. The highest BCUT2D eigenvalue weighted by atomic mass is 16.5. The molecule has 2 atom stereocenters. The normalized spacial score (nSPS) is 16.4. The second-order valence-corrected chi connectivity index (χ2v) is 8.94. The van der Waals surface area contributed by atoms with Crippen LogP contribution in [0.4, 0.5) is 0 Å². The molecule has 1 aliphatic heterocycles. The predicted octanol–water partition coefficient (Wildman–Crippen LogP) is 0.953. The Labute approximate surface area is 219 Å². The second kappa shape index (κ2) is 13.0. The van der Waals surface area contributed by atoms with E-state index in [1.54, 1.807) is 6.07 Å². The van der Waals surface area contributed by atoms with Crippen LogP contribution in [0.5, 0.6) is 0 Å². The number of aromatic nitrogens is 1. The number of rotatable bonds is 10. The number of fused-ring (bicyclic) bond motifs is 1. The molecule has 1 aliphatic rings. The molecule has 11 nitrogen and oxygen atoms in total. The number of oxazole rings is 1. The molecular formula is C27H31N5O6. The van der Waals surface area contributed by atoms with Crippen molar-refractivity contribution in [2.45, 2.75) is 31.5 Å². The highest BCUT2D eigenvalue weighted by Gasteiger charge is 2.23. The van der Waals surface area contributed by atoms with Gasteiger partial charge in [0.2, 0.25) is 5.91 Å². The van der Waals surface area contributed by atoms with Gasteiger partial charge < -0.3 is 29.8 Å². The summed E-state index contributed by atoms with van der Waals surface area (Å²) < 4.78 is 17.7. The topological polar surface area (TPSA) is 148 Å². The largest absolute Gasteiger partial charge is 0.420 e. The van der Waals surface area contributed by atoms with Gasteiger partial charge in [0.05, 0.1) is 24.7 Å². The number of hydrogen-bond donors (Lipinski definition) is 3. The summed E-state index contributed by atoms with van der Waals surface area (Å²) in [6.45, 7) is 2.08. The van der Waals surface area contributed by atoms with Crippen LogP contribution in [-0.2, 0) is 32.0 Å². The van der Waals surface area contributed by atoms with Crippen molar-refractivity contribution in [3.63, 3.8) is 0 Å². The van der Waals surface area contributed by atoms with Crippen molar-refractivity contribution in [2.24, 2.45) is 0 Å². The van der Waals surface area contributed by atoms with E-state index in [2.05, 4.69) is 22.0 Å². The average molecular weight is 522 g/mol. The summed E-state index contributed by atoms with van der Waals surface area (Å²) in [7, 11) is 1.53. The maximum Gasteiger partial charge on any atom is 0.420 e. The summed E-state index contributed by atoms with van der Waals surface area (Å²) in [6.07, 6.45) is 0.601. The number of benzene rings is 2. The Morgan fingerprint density at radius 3 is 2.79 bits per heavy atom. The number of nitrogens with one attached hydrogen (secondary N) is 3. The first-order valence-corrected chi connectivity index (χ1v) is 12.5. The molecule has 2 heterocycles. The molecule has 3 N–H and O–H groups in total. The first kappa shape index (κ1) is 27.1. The molecule has 38 heavy (non-hydrogen) atoms. The van der Waals surface area contributed by atoms with Gasteiger partial charge in [-0.15, -0.1) is 0 Å². The second-order valence-electron chi connectivity index (χ2n) is 8.94. The van der Waals surface area contributed by atoms with E-state index in [1.807, 2.05) is 36.4 Å². The Balaban J connectivity index is 1.41. The van der Waals surface area contributed by atoms with Crippen LogP contribution in [0.2, 0.25) is 0 Å². The SMILES string of the molecule is CNC(=O)COCCn1c(=O)oc2ccc(-c3ccc(CC(C#N)NC(=O)C4CNCCCO4)cc3)cc21. The molecular weight excluding hydrogens is 490 g/mol. The molecule has 0 aliphatic carbocycles. The van der Waals surface area contributed by atoms with Crippen molar-refractivity contribution in [1.29, 1.82) is 5.26 Å². The number of nitriles is 1. The minimum absolute atomic E-state index is 0.0828. The summed E-state index contributed by atoms with van der Waals surface area (Å²) in [5.74, 6) is -1.03. The third kappa shape index (κ3) is 6.86. The highest BCUT2D eigenvalue weighted by molar-refractivity contribution is 5.82. The number of ether oxygens (including phenoxy) is 2. The third-order valence-corrected chi connectivity index (χ3v) is 6.28. The van der Waals surface area contributed by atoms with Crippen LogP contribution in [-0.4, -0.2) is 68.5 Å². The smallest absolute Gasteiger partial charge is 0.408 e. The zero-order valence-corrected chi connectivity index (χ0v) is 21.2. The minimum atomic E-state index is -0.678. The summed E-state index contributed by atoms with van der Waals surface area (Å²) in [4.78, 5) is 36.2. The van der Waals surface area contributed by atoms with Crippen molar-refractivity contribution in [2.75, 3.05) is 40.0 Å². The molecule has 0 radical (unpaired) electrons. The summed E-state index contributed by atoms with van der Waals surface area (Å²) in [5.41, 5.74) is 3.79. The quantitative estimate of drug-likeness (QED) is 0.334. The fraction of sp³-hybridized carbons (Fsp3) is 0.407. The van der Waals surface area contributed by atoms with E-state index in [-0.39, 0.29) is 31.6 Å². The molecule has 1 aromatic heterocycles. The van der Waals surface area contributed by atoms with Crippen LogP contribution in [0.3, 0.4) is 0 Å². The summed E-state index contributed by atoms with van der Waals surface area (Å²) >= 11 is 0. The molecule has 0 spiro atoms. The van der Waals surface area contributed by atoms with Gasteiger partial charge in [-0.2, -0.15) is 5.26 Å².